The number of fused-ring (bicyclic) bond motifs is 1. The summed E-state index contributed by atoms with van der Waals surface area (Å²) in [6.45, 7) is 4.20. The van der Waals surface area contributed by atoms with Gasteiger partial charge in [0.25, 0.3) is 0 Å². The molecule has 0 radical (unpaired) electrons. The molecule has 8 heteroatoms. The minimum Gasteiger partial charge on any atom is -0.389 e. The SMILES string of the molecule is CCn1ncc2c(Nc3ccccc3)c(C3=NOC4(CCC5(CC4)OCCO5)C3)cnc21. The zero-order chi connectivity index (χ0) is 21.6. The maximum atomic E-state index is 6.10. The van der Waals surface area contributed by atoms with E-state index in [0.29, 0.717) is 13.2 Å². The Balaban J connectivity index is 1.32. The van der Waals surface area contributed by atoms with Gasteiger partial charge in [0.15, 0.2) is 11.4 Å². The topological polar surface area (TPSA) is 82.8 Å². The molecule has 32 heavy (non-hydrogen) atoms. The molecule has 4 heterocycles. The van der Waals surface area contributed by atoms with Crippen molar-refractivity contribution in [2.24, 2.45) is 5.16 Å². The highest BCUT2D eigenvalue weighted by molar-refractivity contribution is 6.11. The molecule has 2 spiro atoms. The fourth-order valence-electron chi connectivity index (χ4n) is 5.08. The summed E-state index contributed by atoms with van der Waals surface area (Å²) in [5.74, 6) is -0.410. The van der Waals surface area contributed by atoms with E-state index in [4.69, 9.17) is 19.3 Å². The largest absolute Gasteiger partial charge is 0.389 e. The van der Waals surface area contributed by atoms with Gasteiger partial charge in [0, 0.05) is 43.3 Å². The van der Waals surface area contributed by atoms with Crippen LogP contribution in [0, 0.1) is 0 Å². The number of oxime groups is 1. The van der Waals surface area contributed by atoms with Crippen molar-refractivity contribution in [3.63, 3.8) is 0 Å². The van der Waals surface area contributed by atoms with Gasteiger partial charge in [-0.3, -0.25) is 0 Å². The number of hydrogen-bond acceptors (Lipinski definition) is 7. The summed E-state index contributed by atoms with van der Waals surface area (Å²) < 4.78 is 13.7. The summed E-state index contributed by atoms with van der Waals surface area (Å²) in [7, 11) is 0. The quantitative estimate of drug-likeness (QED) is 0.658. The Morgan fingerprint density at radius 3 is 2.56 bits per heavy atom. The second-order valence-electron chi connectivity index (χ2n) is 8.83. The van der Waals surface area contributed by atoms with E-state index in [0.717, 1.165) is 72.3 Å². The van der Waals surface area contributed by atoms with Crippen LogP contribution in [0.2, 0.25) is 0 Å². The van der Waals surface area contributed by atoms with E-state index in [1.165, 1.54) is 0 Å². The molecule has 6 rings (SSSR count). The second kappa shape index (κ2) is 7.56. The molecule has 1 aliphatic carbocycles. The average molecular weight is 434 g/mol. The van der Waals surface area contributed by atoms with Gasteiger partial charge in [-0.15, -0.1) is 0 Å². The van der Waals surface area contributed by atoms with E-state index >= 15 is 0 Å². The Labute approximate surface area is 186 Å². The molecule has 1 saturated carbocycles. The number of pyridine rings is 1. The number of rotatable bonds is 4. The van der Waals surface area contributed by atoms with Crippen LogP contribution in [0.5, 0.6) is 0 Å². The van der Waals surface area contributed by atoms with Crippen molar-refractivity contribution in [3.05, 3.63) is 48.3 Å². The molecule has 2 aromatic heterocycles. The van der Waals surface area contributed by atoms with Crippen molar-refractivity contribution in [2.45, 2.75) is 57.0 Å². The van der Waals surface area contributed by atoms with Gasteiger partial charge in [0.1, 0.15) is 5.60 Å². The minimum atomic E-state index is -0.410. The van der Waals surface area contributed by atoms with Crippen LogP contribution in [0.3, 0.4) is 0 Å². The standard InChI is InChI=1S/C24H27N5O3/c1-2-29-22-19(16-26-29)21(27-17-6-4-3-5-7-17)18(15-25-22)20-14-23(32-28-20)8-10-24(11-9-23)30-12-13-31-24/h3-7,15-16H,2,8-14H2,1H3,(H,25,27). The number of nitrogens with one attached hydrogen (secondary N) is 1. The zero-order valence-corrected chi connectivity index (χ0v) is 18.2. The molecule has 3 aliphatic rings. The first kappa shape index (κ1) is 19.7. The van der Waals surface area contributed by atoms with Gasteiger partial charge >= 0.3 is 0 Å². The third-order valence-corrected chi connectivity index (χ3v) is 6.90. The summed E-state index contributed by atoms with van der Waals surface area (Å²) in [4.78, 5) is 10.8. The Kier molecular flexibility index (Phi) is 4.66. The summed E-state index contributed by atoms with van der Waals surface area (Å²) in [6, 6.07) is 10.2. The molecule has 8 nitrogen and oxygen atoms in total. The molecule has 0 unspecified atom stereocenters. The molecular formula is C24H27N5O3. The molecule has 1 saturated heterocycles. The van der Waals surface area contributed by atoms with Crippen LogP contribution >= 0.6 is 0 Å². The lowest BCUT2D eigenvalue weighted by Crippen LogP contribution is -2.43. The highest BCUT2D eigenvalue weighted by Crippen LogP contribution is 2.46. The lowest BCUT2D eigenvalue weighted by molar-refractivity contribution is -0.206. The molecule has 1 aromatic carbocycles. The average Bonchev–Trinajstić information content (AvgIpc) is 3.56. The van der Waals surface area contributed by atoms with E-state index in [2.05, 4.69) is 34.6 Å². The fraction of sp³-hybridized carbons (Fsp3) is 0.458. The second-order valence-corrected chi connectivity index (χ2v) is 8.83. The lowest BCUT2D eigenvalue weighted by atomic mass is 9.78. The Bertz CT molecular complexity index is 1160. The molecule has 1 N–H and O–H groups in total. The molecular weight excluding hydrogens is 406 g/mol. The smallest absolute Gasteiger partial charge is 0.168 e. The van der Waals surface area contributed by atoms with Crippen molar-refractivity contribution in [1.82, 2.24) is 14.8 Å². The number of anilines is 2. The minimum absolute atomic E-state index is 0.289. The van der Waals surface area contributed by atoms with E-state index in [1.807, 2.05) is 35.3 Å². The summed E-state index contributed by atoms with van der Waals surface area (Å²) in [5.41, 5.74) is 4.43. The molecule has 166 valence electrons. The van der Waals surface area contributed by atoms with E-state index in [9.17, 15) is 0 Å². The molecule has 0 bridgehead atoms. The van der Waals surface area contributed by atoms with Gasteiger partial charge in [0.2, 0.25) is 0 Å². The zero-order valence-electron chi connectivity index (χ0n) is 18.2. The monoisotopic (exact) mass is 433 g/mol. The van der Waals surface area contributed by atoms with Gasteiger partial charge in [-0.1, -0.05) is 23.4 Å². The van der Waals surface area contributed by atoms with E-state index in [1.54, 1.807) is 0 Å². The van der Waals surface area contributed by atoms with Crippen molar-refractivity contribution in [3.8, 4) is 0 Å². The van der Waals surface area contributed by atoms with Gasteiger partial charge < -0.3 is 19.6 Å². The van der Waals surface area contributed by atoms with Crippen LogP contribution in [-0.2, 0) is 20.9 Å². The Morgan fingerprint density at radius 2 is 1.81 bits per heavy atom. The number of ether oxygens (including phenoxy) is 2. The third-order valence-electron chi connectivity index (χ3n) is 6.90. The van der Waals surface area contributed by atoms with Crippen LogP contribution in [0.4, 0.5) is 11.4 Å². The van der Waals surface area contributed by atoms with Crippen molar-refractivity contribution < 1.29 is 14.3 Å². The molecule has 0 amide bonds. The van der Waals surface area contributed by atoms with Gasteiger partial charge in [-0.2, -0.15) is 5.10 Å². The summed E-state index contributed by atoms with van der Waals surface area (Å²) in [6.07, 6.45) is 7.94. The normalized spacial score (nSPS) is 21.2. The van der Waals surface area contributed by atoms with Gasteiger partial charge in [0.05, 0.1) is 36.2 Å². The molecule has 3 aromatic rings. The van der Waals surface area contributed by atoms with E-state index < -0.39 is 5.79 Å². The first-order chi connectivity index (χ1) is 15.7. The van der Waals surface area contributed by atoms with Crippen LogP contribution in [0.25, 0.3) is 11.0 Å². The predicted molar refractivity (Wildman–Crippen MR) is 121 cm³/mol. The summed E-state index contributed by atoms with van der Waals surface area (Å²) in [5, 5.41) is 13.7. The third kappa shape index (κ3) is 3.25. The number of nitrogens with zero attached hydrogens (tertiary/aromatic N) is 4. The fourth-order valence-corrected chi connectivity index (χ4v) is 5.08. The van der Waals surface area contributed by atoms with Crippen LogP contribution in [-0.4, -0.2) is 45.1 Å². The van der Waals surface area contributed by atoms with Gasteiger partial charge in [-0.05, 0) is 31.9 Å². The lowest BCUT2D eigenvalue weighted by Gasteiger charge is -2.39. The first-order valence-corrected chi connectivity index (χ1v) is 11.4. The number of hydrogen-bond donors (Lipinski definition) is 1. The van der Waals surface area contributed by atoms with E-state index in [-0.39, 0.29) is 5.60 Å². The van der Waals surface area contributed by atoms with Crippen LogP contribution in [0.15, 0.2) is 47.9 Å². The van der Waals surface area contributed by atoms with Gasteiger partial charge in [-0.25, -0.2) is 9.67 Å². The van der Waals surface area contributed by atoms with Crippen LogP contribution in [0.1, 0.15) is 44.6 Å². The Hall–Kier alpha value is -2.97. The predicted octanol–water partition coefficient (Wildman–Crippen LogP) is 4.38. The van der Waals surface area contributed by atoms with Crippen molar-refractivity contribution >= 4 is 28.1 Å². The van der Waals surface area contributed by atoms with Crippen molar-refractivity contribution in [2.75, 3.05) is 18.5 Å². The number of aromatic nitrogens is 3. The van der Waals surface area contributed by atoms with Crippen molar-refractivity contribution in [1.29, 1.82) is 0 Å². The highest BCUT2D eigenvalue weighted by atomic mass is 16.7. The summed E-state index contributed by atoms with van der Waals surface area (Å²) >= 11 is 0. The maximum absolute atomic E-state index is 6.10. The molecule has 2 aliphatic heterocycles. The van der Waals surface area contributed by atoms with Crippen LogP contribution < -0.4 is 5.32 Å². The Morgan fingerprint density at radius 1 is 1.03 bits per heavy atom. The molecule has 2 fully saturated rings. The number of benzene rings is 1. The number of aryl methyl sites for hydroxylation is 1. The maximum Gasteiger partial charge on any atom is 0.168 e. The first-order valence-electron chi connectivity index (χ1n) is 11.4. The number of para-hydroxylation sites is 1. The highest BCUT2D eigenvalue weighted by Gasteiger charge is 2.50. The molecule has 0 atom stereocenters.